The van der Waals surface area contributed by atoms with Gasteiger partial charge in [-0.1, -0.05) is 52.5 Å². The summed E-state index contributed by atoms with van der Waals surface area (Å²) in [6.07, 6.45) is 6.78. The number of benzene rings is 2. The molecule has 4 heterocycles. The molecular formula is C20H12Cl4N12. The van der Waals surface area contributed by atoms with Gasteiger partial charge in [0.05, 0.1) is 49.3 Å². The largest absolute Gasteiger partial charge is 0.240 e. The Labute approximate surface area is 222 Å². The third-order valence-electron chi connectivity index (χ3n) is 4.71. The molecule has 6 rings (SSSR count). The summed E-state index contributed by atoms with van der Waals surface area (Å²) in [5, 5.41) is 37.7. The molecule has 0 aliphatic heterocycles. The fourth-order valence-corrected chi connectivity index (χ4v) is 3.91. The highest BCUT2D eigenvalue weighted by Crippen LogP contribution is 2.29. The first kappa shape index (κ1) is 23.9. The van der Waals surface area contributed by atoms with Crippen LogP contribution in [-0.4, -0.2) is 60.8 Å². The van der Waals surface area contributed by atoms with E-state index in [1.54, 1.807) is 64.5 Å². The van der Waals surface area contributed by atoms with Crippen LogP contribution < -0.4 is 0 Å². The molecule has 2 aromatic carbocycles. The maximum atomic E-state index is 6.10. The summed E-state index contributed by atoms with van der Waals surface area (Å²) in [4.78, 5) is 0. The van der Waals surface area contributed by atoms with Gasteiger partial charge < -0.3 is 0 Å². The van der Waals surface area contributed by atoms with Crippen molar-refractivity contribution in [2.45, 2.75) is 0 Å². The van der Waals surface area contributed by atoms with E-state index >= 15 is 0 Å². The van der Waals surface area contributed by atoms with E-state index < -0.39 is 0 Å². The number of halogens is 4. The highest BCUT2D eigenvalue weighted by molar-refractivity contribution is 6.42. The average molecular weight is 562 g/mol. The maximum Gasteiger partial charge on any atom is 0.207 e. The molecule has 180 valence electrons. The van der Waals surface area contributed by atoms with Crippen molar-refractivity contribution in [2.24, 2.45) is 0 Å². The number of aromatic nitrogens is 12. The Bertz CT molecular complexity index is 1570. The van der Waals surface area contributed by atoms with Crippen LogP contribution in [0.1, 0.15) is 0 Å². The quantitative estimate of drug-likeness (QED) is 0.314. The maximum absolute atomic E-state index is 6.10. The lowest BCUT2D eigenvalue weighted by Crippen LogP contribution is -1.96. The Morgan fingerprint density at radius 1 is 0.639 bits per heavy atom. The van der Waals surface area contributed by atoms with E-state index in [9.17, 15) is 0 Å². The standard InChI is InChI=1S/2C10H6Cl2N6/c11-8-2-1-7(3-9(8)12)18-5-6(4-13-18)10-14-16-17-15-10;11-7-2-1-3-8(12)9(7)18-5-6(4-13-18)10-14-16-17-15-10/h2*1-5H,(H,14,15,16,17). The summed E-state index contributed by atoms with van der Waals surface area (Å²) in [5.41, 5.74) is 2.91. The van der Waals surface area contributed by atoms with Gasteiger partial charge in [-0.05, 0) is 40.8 Å². The van der Waals surface area contributed by atoms with Gasteiger partial charge in [0, 0.05) is 12.4 Å². The highest BCUT2D eigenvalue weighted by Gasteiger charge is 2.12. The number of tetrazole rings is 2. The average Bonchev–Trinajstić information content (AvgIpc) is 3.68. The van der Waals surface area contributed by atoms with Gasteiger partial charge in [-0.2, -0.15) is 20.6 Å². The van der Waals surface area contributed by atoms with Crippen molar-refractivity contribution in [1.29, 1.82) is 0 Å². The van der Waals surface area contributed by atoms with Gasteiger partial charge in [0.1, 0.15) is 5.69 Å². The minimum atomic E-state index is 0.462. The van der Waals surface area contributed by atoms with E-state index in [4.69, 9.17) is 46.4 Å². The van der Waals surface area contributed by atoms with Crippen molar-refractivity contribution in [3.63, 3.8) is 0 Å². The van der Waals surface area contributed by atoms with Gasteiger partial charge in [0.25, 0.3) is 0 Å². The van der Waals surface area contributed by atoms with Crippen LogP contribution in [0.5, 0.6) is 0 Å². The Kier molecular flexibility index (Phi) is 6.91. The molecule has 0 saturated carbocycles. The van der Waals surface area contributed by atoms with E-state index in [0.29, 0.717) is 37.4 Å². The van der Waals surface area contributed by atoms with Crippen LogP contribution >= 0.6 is 46.4 Å². The molecule has 12 nitrogen and oxygen atoms in total. The van der Waals surface area contributed by atoms with Crippen LogP contribution in [0.15, 0.2) is 61.2 Å². The van der Waals surface area contributed by atoms with Gasteiger partial charge in [-0.25, -0.2) is 9.36 Å². The molecule has 0 aliphatic rings. The zero-order valence-electron chi connectivity index (χ0n) is 17.8. The molecule has 0 fully saturated rings. The summed E-state index contributed by atoms with van der Waals surface area (Å²) in [7, 11) is 0. The van der Waals surface area contributed by atoms with Gasteiger partial charge in [-0.3, -0.25) is 0 Å². The number of hydrogen-bond acceptors (Lipinski definition) is 8. The molecule has 6 aromatic rings. The number of H-pyrrole nitrogens is 2. The minimum Gasteiger partial charge on any atom is -0.240 e. The second kappa shape index (κ2) is 10.4. The fourth-order valence-electron chi connectivity index (χ4n) is 3.04. The third kappa shape index (κ3) is 5.06. The Morgan fingerprint density at radius 2 is 1.22 bits per heavy atom. The van der Waals surface area contributed by atoms with E-state index in [1.165, 1.54) is 0 Å². The number of rotatable bonds is 4. The van der Waals surface area contributed by atoms with Crippen molar-refractivity contribution in [2.75, 3.05) is 0 Å². The number of nitrogens with one attached hydrogen (secondary N) is 2. The molecule has 0 unspecified atom stereocenters. The molecule has 0 bridgehead atoms. The van der Waals surface area contributed by atoms with Crippen LogP contribution in [0.25, 0.3) is 34.2 Å². The van der Waals surface area contributed by atoms with Crippen LogP contribution in [0.4, 0.5) is 0 Å². The predicted octanol–water partition coefficient (Wildman–Crippen LogP) is 4.72. The molecule has 2 N–H and O–H groups in total. The lowest BCUT2D eigenvalue weighted by Gasteiger charge is -2.05. The van der Waals surface area contributed by atoms with Crippen LogP contribution in [-0.2, 0) is 0 Å². The van der Waals surface area contributed by atoms with E-state index in [2.05, 4.69) is 51.4 Å². The molecule has 0 amide bonds. The summed E-state index contributed by atoms with van der Waals surface area (Å²) < 4.78 is 3.24. The predicted molar refractivity (Wildman–Crippen MR) is 134 cm³/mol. The molecule has 0 aliphatic carbocycles. The van der Waals surface area contributed by atoms with E-state index in [-0.39, 0.29) is 0 Å². The van der Waals surface area contributed by atoms with Crippen molar-refractivity contribution in [3.8, 4) is 34.2 Å². The van der Waals surface area contributed by atoms with Crippen molar-refractivity contribution >= 4 is 46.4 Å². The molecule has 36 heavy (non-hydrogen) atoms. The normalized spacial score (nSPS) is 10.8. The van der Waals surface area contributed by atoms with Gasteiger partial charge >= 0.3 is 0 Å². The number of nitrogens with zero attached hydrogens (tertiary/aromatic N) is 10. The Hall–Kier alpha value is -3.84. The van der Waals surface area contributed by atoms with E-state index in [0.717, 1.165) is 16.8 Å². The molecule has 0 atom stereocenters. The van der Waals surface area contributed by atoms with Crippen LogP contribution in [0.3, 0.4) is 0 Å². The first-order valence-electron chi connectivity index (χ1n) is 9.96. The Morgan fingerprint density at radius 3 is 1.78 bits per heavy atom. The lowest BCUT2D eigenvalue weighted by molar-refractivity contribution is 0.880. The molecule has 0 radical (unpaired) electrons. The molecule has 4 aromatic heterocycles. The fraction of sp³-hybridized carbons (Fsp3) is 0. The highest BCUT2D eigenvalue weighted by atomic mass is 35.5. The van der Waals surface area contributed by atoms with Gasteiger partial charge in [0.15, 0.2) is 0 Å². The summed E-state index contributed by atoms with van der Waals surface area (Å²) in [6, 6.07) is 10.5. The molecular weight excluding hydrogens is 550 g/mol. The van der Waals surface area contributed by atoms with Crippen LogP contribution in [0.2, 0.25) is 20.1 Å². The summed E-state index contributed by atoms with van der Waals surface area (Å²) >= 11 is 24.0. The minimum absolute atomic E-state index is 0.462. The first-order valence-corrected chi connectivity index (χ1v) is 11.5. The zero-order valence-corrected chi connectivity index (χ0v) is 20.8. The Balaban J connectivity index is 0.000000148. The van der Waals surface area contributed by atoms with Crippen molar-refractivity contribution < 1.29 is 0 Å². The van der Waals surface area contributed by atoms with Gasteiger partial charge in [-0.15, -0.1) is 20.4 Å². The van der Waals surface area contributed by atoms with Crippen LogP contribution in [0, 0.1) is 0 Å². The van der Waals surface area contributed by atoms with E-state index in [1.807, 2.05) is 6.07 Å². The van der Waals surface area contributed by atoms with Gasteiger partial charge in [0.2, 0.25) is 11.6 Å². The lowest BCUT2D eigenvalue weighted by atomic mass is 10.3. The molecule has 16 heteroatoms. The van der Waals surface area contributed by atoms with Crippen molar-refractivity contribution in [1.82, 2.24) is 60.8 Å². The molecule has 0 saturated heterocycles. The first-order chi connectivity index (χ1) is 17.5. The van der Waals surface area contributed by atoms with Crippen molar-refractivity contribution in [3.05, 3.63) is 81.3 Å². The monoisotopic (exact) mass is 560 g/mol. The SMILES string of the molecule is Clc1ccc(-n2cc(-c3nn[nH]n3)cn2)cc1Cl.Clc1cccc(Cl)c1-n1cc(-c2nn[nH]n2)cn1. The summed E-state index contributed by atoms with van der Waals surface area (Å²) in [5.74, 6) is 0.950. The zero-order chi connectivity index (χ0) is 25.1. The second-order valence-corrected chi connectivity index (χ2v) is 8.62. The topological polar surface area (TPSA) is 145 Å². The third-order valence-corrected chi connectivity index (χ3v) is 6.06. The summed E-state index contributed by atoms with van der Waals surface area (Å²) in [6.45, 7) is 0. The smallest absolute Gasteiger partial charge is 0.207 e. The number of hydrogen-bond donors (Lipinski definition) is 2. The second-order valence-electron chi connectivity index (χ2n) is 6.99. The number of para-hydroxylation sites is 1. The number of aromatic amines is 2. The molecule has 0 spiro atoms.